The van der Waals surface area contributed by atoms with Crippen molar-refractivity contribution in [2.45, 2.75) is 26.0 Å². The van der Waals surface area contributed by atoms with E-state index in [-0.39, 0.29) is 11.9 Å². The summed E-state index contributed by atoms with van der Waals surface area (Å²) < 4.78 is 5.68. The van der Waals surface area contributed by atoms with Crippen LogP contribution in [0.5, 0.6) is 0 Å². The predicted molar refractivity (Wildman–Crippen MR) is 83.6 cm³/mol. The van der Waals surface area contributed by atoms with Crippen molar-refractivity contribution in [1.29, 1.82) is 0 Å². The minimum atomic E-state index is -0.611. The Bertz CT molecular complexity index is 527. The Balaban J connectivity index is 2.28. The van der Waals surface area contributed by atoms with Gasteiger partial charge in [-0.05, 0) is 17.0 Å². The van der Waals surface area contributed by atoms with Crippen LogP contribution in [0.25, 0.3) is 0 Å². The summed E-state index contributed by atoms with van der Waals surface area (Å²) in [6.45, 7) is 3.82. The molecule has 0 saturated heterocycles. The molecule has 2 rings (SSSR count). The largest absolute Gasteiger partial charge is 0.451 e. The second kappa shape index (κ2) is 7.04. The van der Waals surface area contributed by atoms with E-state index >= 15 is 0 Å². The second-order valence-electron chi connectivity index (χ2n) is 5.41. The third-order valence-corrected chi connectivity index (χ3v) is 3.43. The SMILES string of the molecule is CC(C)[C@@H](N)C(=O)OC(c1ccccc1)c1ccccc1. The van der Waals surface area contributed by atoms with Crippen molar-refractivity contribution < 1.29 is 9.53 Å². The Morgan fingerprint density at radius 2 is 1.33 bits per heavy atom. The maximum atomic E-state index is 12.2. The first-order valence-electron chi connectivity index (χ1n) is 7.15. The highest BCUT2D eigenvalue weighted by molar-refractivity contribution is 5.76. The lowest BCUT2D eigenvalue weighted by atomic mass is 10.0. The number of benzene rings is 2. The van der Waals surface area contributed by atoms with Gasteiger partial charge in [0.05, 0.1) is 0 Å². The molecule has 0 fully saturated rings. The average molecular weight is 283 g/mol. The molecule has 0 heterocycles. The molecule has 0 aromatic heterocycles. The molecule has 3 heteroatoms. The summed E-state index contributed by atoms with van der Waals surface area (Å²) in [4.78, 5) is 12.2. The van der Waals surface area contributed by atoms with Crippen LogP contribution in [0, 0.1) is 5.92 Å². The minimum Gasteiger partial charge on any atom is -0.451 e. The number of rotatable bonds is 5. The Hall–Kier alpha value is -2.13. The molecule has 2 aromatic carbocycles. The number of carbonyl (C=O) groups excluding carboxylic acids is 1. The molecule has 21 heavy (non-hydrogen) atoms. The highest BCUT2D eigenvalue weighted by Crippen LogP contribution is 2.26. The first kappa shape index (κ1) is 15.3. The highest BCUT2D eigenvalue weighted by Gasteiger charge is 2.24. The van der Waals surface area contributed by atoms with Crippen LogP contribution in [0.2, 0.25) is 0 Å². The van der Waals surface area contributed by atoms with Crippen LogP contribution < -0.4 is 5.73 Å². The molecule has 0 aliphatic rings. The van der Waals surface area contributed by atoms with Gasteiger partial charge in [0.25, 0.3) is 0 Å². The lowest BCUT2D eigenvalue weighted by Crippen LogP contribution is -2.37. The quantitative estimate of drug-likeness (QED) is 0.857. The number of hydrogen-bond acceptors (Lipinski definition) is 3. The van der Waals surface area contributed by atoms with Crippen LogP contribution in [0.1, 0.15) is 31.1 Å². The molecule has 2 aromatic rings. The van der Waals surface area contributed by atoms with Crippen molar-refractivity contribution in [2.24, 2.45) is 11.7 Å². The molecule has 0 aliphatic heterocycles. The molecule has 0 saturated carbocycles. The third-order valence-electron chi connectivity index (χ3n) is 3.43. The van der Waals surface area contributed by atoms with Crippen LogP contribution in [0.3, 0.4) is 0 Å². The van der Waals surface area contributed by atoms with Crippen LogP contribution in [0.15, 0.2) is 60.7 Å². The molecule has 110 valence electrons. The predicted octanol–water partition coefficient (Wildman–Crippen LogP) is 3.30. The fraction of sp³-hybridized carbons (Fsp3) is 0.278. The van der Waals surface area contributed by atoms with E-state index in [1.807, 2.05) is 74.5 Å². The van der Waals surface area contributed by atoms with E-state index in [0.29, 0.717) is 0 Å². The van der Waals surface area contributed by atoms with Gasteiger partial charge in [-0.3, -0.25) is 4.79 Å². The fourth-order valence-corrected chi connectivity index (χ4v) is 2.05. The van der Waals surface area contributed by atoms with Crippen molar-refractivity contribution in [1.82, 2.24) is 0 Å². The van der Waals surface area contributed by atoms with E-state index in [2.05, 4.69) is 0 Å². The molecule has 0 aliphatic carbocycles. The Morgan fingerprint density at radius 1 is 0.905 bits per heavy atom. The van der Waals surface area contributed by atoms with Crippen LogP contribution >= 0.6 is 0 Å². The van der Waals surface area contributed by atoms with Gasteiger partial charge in [0.2, 0.25) is 0 Å². The zero-order valence-corrected chi connectivity index (χ0v) is 12.4. The molecule has 0 bridgehead atoms. The molecule has 0 unspecified atom stereocenters. The number of nitrogens with two attached hydrogens (primary N) is 1. The van der Waals surface area contributed by atoms with Crippen molar-refractivity contribution in [3.8, 4) is 0 Å². The molecule has 0 radical (unpaired) electrons. The van der Waals surface area contributed by atoms with Gasteiger partial charge in [0.15, 0.2) is 6.10 Å². The van der Waals surface area contributed by atoms with E-state index < -0.39 is 12.1 Å². The van der Waals surface area contributed by atoms with Crippen molar-refractivity contribution >= 4 is 5.97 Å². The minimum absolute atomic E-state index is 0.0460. The van der Waals surface area contributed by atoms with Crippen molar-refractivity contribution in [3.05, 3.63) is 71.8 Å². The normalized spacial score (nSPS) is 12.4. The topological polar surface area (TPSA) is 52.3 Å². The maximum absolute atomic E-state index is 12.2. The van der Waals surface area contributed by atoms with Crippen LogP contribution in [-0.2, 0) is 9.53 Å². The summed E-state index contributed by atoms with van der Waals surface area (Å²) >= 11 is 0. The van der Waals surface area contributed by atoms with Gasteiger partial charge in [-0.1, -0.05) is 74.5 Å². The Labute approximate surface area is 125 Å². The molecule has 3 nitrogen and oxygen atoms in total. The van der Waals surface area contributed by atoms with Crippen molar-refractivity contribution in [2.75, 3.05) is 0 Å². The number of esters is 1. The Kier molecular flexibility index (Phi) is 5.12. The molecule has 2 N–H and O–H groups in total. The van der Waals surface area contributed by atoms with Gasteiger partial charge in [-0.25, -0.2) is 0 Å². The first-order valence-corrected chi connectivity index (χ1v) is 7.15. The second-order valence-corrected chi connectivity index (χ2v) is 5.41. The summed E-state index contributed by atoms with van der Waals surface area (Å²) in [5.41, 5.74) is 7.77. The molecule has 0 spiro atoms. The lowest BCUT2D eigenvalue weighted by Gasteiger charge is -2.22. The summed E-state index contributed by atoms with van der Waals surface area (Å²) in [5.74, 6) is -0.326. The van der Waals surface area contributed by atoms with E-state index in [1.165, 1.54) is 0 Å². The van der Waals surface area contributed by atoms with Crippen LogP contribution in [-0.4, -0.2) is 12.0 Å². The number of carbonyl (C=O) groups is 1. The van der Waals surface area contributed by atoms with Gasteiger partial charge in [0.1, 0.15) is 6.04 Å². The zero-order valence-electron chi connectivity index (χ0n) is 12.4. The van der Waals surface area contributed by atoms with Gasteiger partial charge >= 0.3 is 5.97 Å². The van der Waals surface area contributed by atoms with E-state index in [1.54, 1.807) is 0 Å². The monoisotopic (exact) mass is 283 g/mol. The third kappa shape index (κ3) is 3.92. The summed E-state index contributed by atoms with van der Waals surface area (Å²) in [7, 11) is 0. The lowest BCUT2D eigenvalue weighted by molar-refractivity contribution is -0.150. The van der Waals surface area contributed by atoms with Gasteiger partial charge in [-0.15, -0.1) is 0 Å². The van der Waals surface area contributed by atoms with Gasteiger partial charge in [-0.2, -0.15) is 0 Å². The summed E-state index contributed by atoms with van der Waals surface area (Å²) in [6, 6.07) is 18.8. The average Bonchev–Trinajstić information content (AvgIpc) is 2.53. The number of hydrogen-bond donors (Lipinski definition) is 1. The fourth-order valence-electron chi connectivity index (χ4n) is 2.05. The molecule has 1 atom stereocenters. The van der Waals surface area contributed by atoms with Gasteiger partial charge in [0, 0.05) is 0 Å². The molecule has 0 amide bonds. The maximum Gasteiger partial charge on any atom is 0.324 e. The summed E-state index contributed by atoms with van der Waals surface area (Å²) in [6.07, 6.45) is -0.426. The van der Waals surface area contributed by atoms with Crippen LogP contribution in [0.4, 0.5) is 0 Å². The molecular formula is C18H21NO2. The van der Waals surface area contributed by atoms with E-state index in [4.69, 9.17) is 10.5 Å². The van der Waals surface area contributed by atoms with E-state index in [0.717, 1.165) is 11.1 Å². The van der Waals surface area contributed by atoms with Gasteiger partial charge < -0.3 is 10.5 Å². The van der Waals surface area contributed by atoms with E-state index in [9.17, 15) is 4.79 Å². The first-order chi connectivity index (χ1) is 10.1. The zero-order chi connectivity index (χ0) is 15.2. The summed E-state index contributed by atoms with van der Waals surface area (Å²) in [5, 5.41) is 0. The highest BCUT2D eigenvalue weighted by atomic mass is 16.5. The number of ether oxygens (including phenoxy) is 1. The van der Waals surface area contributed by atoms with Crippen molar-refractivity contribution in [3.63, 3.8) is 0 Å². The molecular weight excluding hydrogens is 262 g/mol. The smallest absolute Gasteiger partial charge is 0.324 e. The standard InChI is InChI=1S/C18H21NO2/c1-13(2)16(19)18(20)21-17(14-9-5-3-6-10-14)15-11-7-4-8-12-15/h3-13,16-17H,19H2,1-2H3/t16-/m1/s1. The Morgan fingerprint density at radius 3 is 1.71 bits per heavy atom.